The number of carbonyl (C=O) groups is 2. The number of rotatable bonds is 4. The summed E-state index contributed by atoms with van der Waals surface area (Å²) >= 11 is 9.25. The third-order valence-corrected chi connectivity index (χ3v) is 3.55. The number of para-hydroxylation sites is 1. The topological polar surface area (TPSA) is 70.2 Å². The third-order valence-electron chi connectivity index (χ3n) is 2.88. The Morgan fingerprint density at radius 1 is 1.13 bits per heavy atom. The summed E-state index contributed by atoms with van der Waals surface area (Å²) in [5.74, 6) is -0.242. The van der Waals surface area contributed by atoms with E-state index in [1.54, 1.807) is 42.5 Å². The van der Waals surface area contributed by atoms with E-state index < -0.39 is 6.03 Å². The van der Waals surface area contributed by atoms with Crippen LogP contribution in [0.1, 0.15) is 17.3 Å². The van der Waals surface area contributed by atoms with E-state index in [4.69, 9.17) is 11.6 Å². The molecule has 0 heterocycles. The van der Waals surface area contributed by atoms with Crippen molar-refractivity contribution in [3.63, 3.8) is 0 Å². The molecule has 0 aliphatic heterocycles. The molecule has 7 heteroatoms. The van der Waals surface area contributed by atoms with Crippen molar-refractivity contribution in [1.29, 1.82) is 0 Å². The van der Waals surface area contributed by atoms with Gasteiger partial charge in [0.05, 0.1) is 11.3 Å². The molecule has 0 aliphatic carbocycles. The molecule has 0 aliphatic rings. The smallest absolute Gasteiger partial charge is 0.323 e. The summed E-state index contributed by atoms with van der Waals surface area (Å²) in [6.45, 7) is 2.34. The van der Waals surface area contributed by atoms with E-state index in [1.807, 2.05) is 6.92 Å². The number of nitrogens with one attached hydrogen (secondary N) is 3. The van der Waals surface area contributed by atoms with Gasteiger partial charge in [-0.2, -0.15) is 0 Å². The van der Waals surface area contributed by atoms with Crippen LogP contribution in [-0.2, 0) is 0 Å². The monoisotopic (exact) mass is 395 g/mol. The molecular weight excluding hydrogens is 382 g/mol. The minimum absolute atomic E-state index is 0.242. The highest BCUT2D eigenvalue weighted by atomic mass is 79.9. The van der Waals surface area contributed by atoms with Gasteiger partial charge in [-0.05, 0) is 37.3 Å². The molecule has 0 unspecified atom stereocenters. The molecule has 2 rings (SSSR count). The van der Waals surface area contributed by atoms with E-state index in [2.05, 4.69) is 31.9 Å². The van der Waals surface area contributed by atoms with Gasteiger partial charge in [0.25, 0.3) is 5.91 Å². The second kappa shape index (κ2) is 7.99. The predicted molar refractivity (Wildman–Crippen MR) is 96.2 cm³/mol. The second-order valence-electron chi connectivity index (χ2n) is 4.64. The molecular formula is C16H15BrClN3O2. The first kappa shape index (κ1) is 17.3. The molecule has 0 atom stereocenters. The fraction of sp³-hybridized carbons (Fsp3) is 0.125. The summed E-state index contributed by atoms with van der Waals surface area (Å²) in [5, 5.41) is 8.55. The first-order valence-corrected chi connectivity index (χ1v) is 8.08. The van der Waals surface area contributed by atoms with Gasteiger partial charge in [-0.1, -0.05) is 39.7 Å². The first-order chi connectivity index (χ1) is 11.0. The maximum Gasteiger partial charge on any atom is 0.323 e. The molecule has 5 nitrogen and oxygen atoms in total. The number of halogens is 2. The first-order valence-electron chi connectivity index (χ1n) is 6.91. The number of hydrogen-bond acceptors (Lipinski definition) is 2. The molecule has 0 fully saturated rings. The molecule has 2 aromatic carbocycles. The third kappa shape index (κ3) is 4.97. The molecule has 0 saturated carbocycles. The van der Waals surface area contributed by atoms with Crippen LogP contribution in [0, 0.1) is 0 Å². The van der Waals surface area contributed by atoms with Gasteiger partial charge in [0.1, 0.15) is 0 Å². The zero-order chi connectivity index (χ0) is 16.8. The van der Waals surface area contributed by atoms with Crippen molar-refractivity contribution in [2.75, 3.05) is 17.2 Å². The Morgan fingerprint density at radius 3 is 2.57 bits per heavy atom. The Balaban J connectivity index is 2.13. The molecule has 2 aromatic rings. The normalized spacial score (nSPS) is 10.0. The van der Waals surface area contributed by atoms with Gasteiger partial charge in [-0.3, -0.25) is 4.79 Å². The quantitative estimate of drug-likeness (QED) is 0.712. The molecule has 23 heavy (non-hydrogen) atoms. The molecule has 0 bridgehead atoms. The summed E-state index contributed by atoms with van der Waals surface area (Å²) in [6, 6.07) is 11.4. The van der Waals surface area contributed by atoms with Crippen molar-refractivity contribution in [2.45, 2.75) is 6.92 Å². The lowest BCUT2D eigenvalue weighted by Crippen LogP contribution is -2.26. The van der Waals surface area contributed by atoms with Crippen LogP contribution in [0.2, 0.25) is 5.02 Å². The van der Waals surface area contributed by atoms with Crippen LogP contribution in [-0.4, -0.2) is 18.5 Å². The van der Waals surface area contributed by atoms with E-state index in [1.165, 1.54) is 0 Å². The SMILES string of the molecule is CCNC(=O)c1ccccc1NC(=O)Nc1cc(Cl)cc(Br)c1. The molecule has 0 saturated heterocycles. The van der Waals surface area contributed by atoms with Gasteiger partial charge >= 0.3 is 6.03 Å². The number of urea groups is 1. The van der Waals surface area contributed by atoms with E-state index in [-0.39, 0.29) is 5.91 Å². The largest absolute Gasteiger partial charge is 0.352 e. The summed E-state index contributed by atoms with van der Waals surface area (Å²) < 4.78 is 0.753. The van der Waals surface area contributed by atoms with Crippen LogP contribution in [0.3, 0.4) is 0 Å². The van der Waals surface area contributed by atoms with Crippen LogP contribution in [0.5, 0.6) is 0 Å². The van der Waals surface area contributed by atoms with Gasteiger partial charge < -0.3 is 16.0 Å². The fourth-order valence-electron chi connectivity index (χ4n) is 1.96. The fourth-order valence-corrected chi connectivity index (χ4v) is 2.82. The molecule has 0 radical (unpaired) electrons. The highest BCUT2D eigenvalue weighted by molar-refractivity contribution is 9.10. The lowest BCUT2D eigenvalue weighted by molar-refractivity contribution is 0.0956. The predicted octanol–water partition coefficient (Wildman–Crippen LogP) is 4.50. The van der Waals surface area contributed by atoms with Crippen molar-refractivity contribution in [3.8, 4) is 0 Å². The Bertz CT molecular complexity index is 717. The van der Waals surface area contributed by atoms with Crippen LogP contribution in [0.25, 0.3) is 0 Å². The Morgan fingerprint density at radius 2 is 1.87 bits per heavy atom. The highest BCUT2D eigenvalue weighted by Crippen LogP contribution is 2.23. The number of anilines is 2. The summed E-state index contributed by atoms with van der Waals surface area (Å²) in [6.07, 6.45) is 0. The van der Waals surface area contributed by atoms with Gasteiger partial charge in [-0.25, -0.2) is 4.79 Å². The van der Waals surface area contributed by atoms with E-state index in [0.717, 1.165) is 4.47 Å². The standard InChI is InChI=1S/C16H15BrClN3O2/c1-2-19-15(22)13-5-3-4-6-14(13)21-16(23)20-12-8-10(17)7-11(18)9-12/h3-9H,2H2,1H3,(H,19,22)(H2,20,21,23). The molecule has 0 aromatic heterocycles. The Labute approximate surface area is 147 Å². The lowest BCUT2D eigenvalue weighted by atomic mass is 10.1. The van der Waals surface area contributed by atoms with E-state index in [0.29, 0.717) is 28.5 Å². The minimum atomic E-state index is -0.462. The zero-order valence-corrected chi connectivity index (χ0v) is 14.7. The van der Waals surface area contributed by atoms with Crippen LogP contribution >= 0.6 is 27.5 Å². The maximum absolute atomic E-state index is 12.1. The van der Waals surface area contributed by atoms with Gasteiger partial charge in [-0.15, -0.1) is 0 Å². The van der Waals surface area contributed by atoms with Crippen LogP contribution in [0.4, 0.5) is 16.2 Å². The Kier molecular flexibility index (Phi) is 6.01. The van der Waals surface area contributed by atoms with Crippen molar-refractivity contribution in [1.82, 2.24) is 5.32 Å². The number of hydrogen-bond donors (Lipinski definition) is 3. The average Bonchev–Trinajstić information content (AvgIpc) is 2.46. The van der Waals surface area contributed by atoms with Crippen molar-refractivity contribution < 1.29 is 9.59 Å². The van der Waals surface area contributed by atoms with Crippen molar-refractivity contribution in [2.24, 2.45) is 0 Å². The zero-order valence-electron chi connectivity index (χ0n) is 12.3. The van der Waals surface area contributed by atoms with Gasteiger partial charge in [0, 0.05) is 21.7 Å². The van der Waals surface area contributed by atoms with Gasteiger partial charge in [0.2, 0.25) is 0 Å². The minimum Gasteiger partial charge on any atom is -0.352 e. The van der Waals surface area contributed by atoms with Crippen LogP contribution < -0.4 is 16.0 Å². The molecule has 0 spiro atoms. The van der Waals surface area contributed by atoms with E-state index in [9.17, 15) is 9.59 Å². The van der Waals surface area contributed by atoms with Crippen molar-refractivity contribution >= 4 is 50.8 Å². The highest BCUT2D eigenvalue weighted by Gasteiger charge is 2.12. The number of carbonyl (C=O) groups excluding carboxylic acids is 2. The van der Waals surface area contributed by atoms with Crippen LogP contribution in [0.15, 0.2) is 46.9 Å². The lowest BCUT2D eigenvalue weighted by Gasteiger charge is -2.12. The Hall–Kier alpha value is -2.05. The maximum atomic E-state index is 12.1. The average molecular weight is 397 g/mol. The van der Waals surface area contributed by atoms with Crippen molar-refractivity contribution in [3.05, 3.63) is 57.5 Å². The van der Waals surface area contributed by atoms with Gasteiger partial charge in [0.15, 0.2) is 0 Å². The summed E-state index contributed by atoms with van der Waals surface area (Å²) in [5.41, 5.74) is 1.37. The molecule has 3 N–H and O–H groups in total. The number of benzene rings is 2. The molecule has 3 amide bonds. The number of amides is 3. The summed E-state index contributed by atoms with van der Waals surface area (Å²) in [4.78, 5) is 24.1. The van der Waals surface area contributed by atoms with E-state index >= 15 is 0 Å². The molecule has 120 valence electrons. The summed E-state index contributed by atoms with van der Waals surface area (Å²) in [7, 11) is 0. The second-order valence-corrected chi connectivity index (χ2v) is 5.99.